The number of nitrogen functional groups attached to an aromatic ring is 1. The fraction of sp³-hybridized carbons (Fsp3) is 0.412. The summed E-state index contributed by atoms with van der Waals surface area (Å²) >= 11 is 0. The number of amides is 1. The van der Waals surface area contributed by atoms with Gasteiger partial charge in [0.1, 0.15) is 5.82 Å². The maximum Gasteiger partial charge on any atom is 0.252 e. The van der Waals surface area contributed by atoms with Crippen molar-refractivity contribution in [2.45, 2.75) is 44.6 Å². The number of nitrogens with zero attached hydrogens (tertiary/aromatic N) is 1. The molecule has 1 amide bonds. The molecule has 3 rings (SSSR count). The molecule has 2 aromatic rings. The number of nitrogens with one attached hydrogen (secondary N) is 1. The van der Waals surface area contributed by atoms with E-state index in [9.17, 15) is 4.79 Å². The highest BCUT2D eigenvalue weighted by Gasteiger charge is 2.29. The van der Waals surface area contributed by atoms with Gasteiger partial charge < -0.3 is 11.1 Å². The van der Waals surface area contributed by atoms with Crippen LogP contribution in [0.5, 0.6) is 0 Å². The van der Waals surface area contributed by atoms with Crippen LogP contribution in [0, 0.1) is 0 Å². The number of carbonyl (C=O) groups excluding carboxylic acids is 1. The van der Waals surface area contributed by atoms with Crippen LogP contribution in [0.3, 0.4) is 0 Å². The summed E-state index contributed by atoms with van der Waals surface area (Å²) in [5.74, 6) is 0.331. The molecule has 0 unspecified atom stereocenters. The van der Waals surface area contributed by atoms with Crippen LogP contribution in [0.15, 0.2) is 30.3 Å². The van der Waals surface area contributed by atoms with E-state index >= 15 is 0 Å². The molecule has 3 N–H and O–H groups in total. The lowest BCUT2D eigenvalue weighted by Crippen LogP contribution is -2.47. The molecule has 1 fully saturated rings. The maximum absolute atomic E-state index is 12.7. The van der Waals surface area contributed by atoms with Crippen LogP contribution in [0.1, 0.15) is 49.4 Å². The highest BCUT2D eigenvalue weighted by atomic mass is 16.1. The SMILES string of the molecule is CC1(NC(=O)c2cc(N)nc3ccccc23)CCCCC1. The first kappa shape index (κ1) is 13.9. The van der Waals surface area contributed by atoms with Crippen molar-refractivity contribution in [2.75, 3.05) is 5.73 Å². The van der Waals surface area contributed by atoms with Crippen LogP contribution >= 0.6 is 0 Å². The average Bonchev–Trinajstić information content (AvgIpc) is 2.46. The Kier molecular flexibility index (Phi) is 3.53. The third-order valence-electron chi connectivity index (χ3n) is 4.35. The molecule has 1 heterocycles. The lowest BCUT2D eigenvalue weighted by atomic mass is 9.83. The number of fused-ring (bicyclic) bond motifs is 1. The molecule has 1 aliphatic rings. The monoisotopic (exact) mass is 283 g/mol. The smallest absolute Gasteiger partial charge is 0.252 e. The van der Waals surface area contributed by atoms with Gasteiger partial charge in [0.25, 0.3) is 5.91 Å². The Balaban J connectivity index is 1.94. The Labute approximate surface area is 124 Å². The average molecular weight is 283 g/mol. The second-order valence-corrected chi connectivity index (χ2v) is 6.19. The third-order valence-corrected chi connectivity index (χ3v) is 4.35. The second kappa shape index (κ2) is 5.35. The van der Waals surface area contributed by atoms with E-state index < -0.39 is 0 Å². The van der Waals surface area contributed by atoms with Crippen LogP contribution in [0.25, 0.3) is 10.9 Å². The number of hydrogen-bond donors (Lipinski definition) is 2. The van der Waals surface area contributed by atoms with E-state index in [4.69, 9.17) is 5.73 Å². The topological polar surface area (TPSA) is 68.0 Å². The summed E-state index contributed by atoms with van der Waals surface area (Å²) in [6.07, 6.45) is 5.69. The summed E-state index contributed by atoms with van der Waals surface area (Å²) in [6, 6.07) is 9.28. The summed E-state index contributed by atoms with van der Waals surface area (Å²) in [6.45, 7) is 2.14. The molecule has 4 heteroatoms. The molecule has 21 heavy (non-hydrogen) atoms. The zero-order valence-electron chi connectivity index (χ0n) is 12.4. The van der Waals surface area contributed by atoms with Gasteiger partial charge in [0.2, 0.25) is 0 Å². The quantitative estimate of drug-likeness (QED) is 0.888. The number of carbonyl (C=O) groups is 1. The summed E-state index contributed by atoms with van der Waals surface area (Å²) in [4.78, 5) is 17.0. The highest BCUT2D eigenvalue weighted by Crippen LogP contribution is 2.28. The lowest BCUT2D eigenvalue weighted by molar-refractivity contribution is 0.0884. The molecule has 0 radical (unpaired) electrons. The summed E-state index contributed by atoms with van der Waals surface area (Å²) < 4.78 is 0. The first-order valence-corrected chi connectivity index (χ1v) is 7.55. The predicted octanol–water partition coefficient (Wildman–Crippen LogP) is 3.27. The van der Waals surface area contributed by atoms with Crippen molar-refractivity contribution in [1.82, 2.24) is 10.3 Å². The van der Waals surface area contributed by atoms with Crippen LogP contribution in [0.2, 0.25) is 0 Å². The molecule has 0 spiro atoms. The Hall–Kier alpha value is -2.10. The van der Waals surface area contributed by atoms with Crippen molar-refractivity contribution in [2.24, 2.45) is 0 Å². The van der Waals surface area contributed by atoms with E-state index in [2.05, 4.69) is 17.2 Å². The van der Waals surface area contributed by atoms with Crippen molar-refractivity contribution >= 4 is 22.6 Å². The molecule has 4 nitrogen and oxygen atoms in total. The second-order valence-electron chi connectivity index (χ2n) is 6.19. The first-order chi connectivity index (χ1) is 10.1. The van der Waals surface area contributed by atoms with E-state index in [1.54, 1.807) is 6.07 Å². The number of aromatic nitrogens is 1. The van der Waals surface area contributed by atoms with Crippen molar-refractivity contribution in [3.8, 4) is 0 Å². The largest absolute Gasteiger partial charge is 0.384 e. The molecule has 1 aromatic heterocycles. The minimum atomic E-state index is -0.103. The predicted molar refractivity (Wildman–Crippen MR) is 85.1 cm³/mol. The molecular weight excluding hydrogens is 262 g/mol. The van der Waals surface area contributed by atoms with Gasteiger partial charge in [0.15, 0.2) is 0 Å². The van der Waals surface area contributed by atoms with Crippen LogP contribution < -0.4 is 11.1 Å². The summed E-state index contributed by atoms with van der Waals surface area (Å²) in [5.41, 5.74) is 7.11. The van der Waals surface area contributed by atoms with Gasteiger partial charge >= 0.3 is 0 Å². The molecule has 110 valence electrons. The van der Waals surface area contributed by atoms with Gasteiger partial charge in [-0.3, -0.25) is 4.79 Å². The molecule has 1 saturated carbocycles. The number of rotatable bonds is 2. The minimum Gasteiger partial charge on any atom is -0.384 e. The van der Waals surface area contributed by atoms with Crippen LogP contribution in [0.4, 0.5) is 5.82 Å². The summed E-state index contributed by atoms with van der Waals surface area (Å²) in [7, 11) is 0. The number of anilines is 1. The Bertz CT molecular complexity index is 675. The van der Waals surface area contributed by atoms with Crippen molar-refractivity contribution in [3.63, 3.8) is 0 Å². The highest BCUT2D eigenvalue weighted by molar-refractivity contribution is 6.07. The van der Waals surface area contributed by atoms with Crippen LogP contribution in [-0.2, 0) is 0 Å². The van der Waals surface area contributed by atoms with Gasteiger partial charge in [-0.2, -0.15) is 0 Å². The first-order valence-electron chi connectivity index (χ1n) is 7.55. The lowest BCUT2D eigenvalue weighted by Gasteiger charge is -2.34. The number of benzene rings is 1. The maximum atomic E-state index is 12.7. The molecule has 0 atom stereocenters. The standard InChI is InChI=1S/C17H21N3O/c1-17(9-5-2-6-10-17)20-16(21)13-11-15(18)19-14-8-4-3-7-12(13)14/h3-4,7-8,11H,2,5-6,9-10H2,1H3,(H2,18,19)(H,20,21). The summed E-state index contributed by atoms with van der Waals surface area (Å²) in [5, 5.41) is 4.06. The molecular formula is C17H21N3O. The molecule has 0 bridgehead atoms. The zero-order chi connectivity index (χ0) is 14.9. The van der Waals surface area contributed by atoms with E-state index in [1.165, 1.54) is 19.3 Å². The zero-order valence-corrected chi connectivity index (χ0v) is 12.4. The number of pyridine rings is 1. The van der Waals surface area contributed by atoms with E-state index in [-0.39, 0.29) is 11.4 Å². The van der Waals surface area contributed by atoms with E-state index in [0.717, 1.165) is 23.7 Å². The van der Waals surface area contributed by atoms with Gasteiger partial charge in [-0.1, -0.05) is 37.5 Å². The number of nitrogens with two attached hydrogens (primary N) is 1. The van der Waals surface area contributed by atoms with E-state index in [1.807, 2.05) is 24.3 Å². The van der Waals surface area contributed by atoms with Crippen LogP contribution in [-0.4, -0.2) is 16.4 Å². The molecule has 0 saturated heterocycles. The van der Waals surface area contributed by atoms with Gasteiger partial charge in [-0.15, -0.1) is 0 Å². The fourth-order valence-corrected chi connectivity index (χ4v) is 3.18. The fourth-order valence-electron chi connectivity index (χ4n) is 3.18. The van der Waals surface area contributed by atoms with E-state index in [0.29, 0.717) is 11.4 Å². The third kappa shape index (κ3) is 2.84. The van der Waals surface area contributed by atoms with Gasteiger partial charge in [0, 0.05) is 10.9 Å². The molecule has 0 aliphatic heterocycles. The van der Waals surface area contributed by atoms with Crippen molar-refractivity contribution in [3.05, 3.63) is 35.9 Å². The Morgan fingerprint density at radius 2 is 1.95 bits per heavy atom. The number of hydrogen-bond acceptors (Lipinski definition) is 3. The molecule has 1 aliphatic carbocycles. The van der Waals surface area contributed by atoms with Crippen molar-refractivity contribution < 1.29 is 4.79 Å². The van der Waals surface area contributed by atoms with Gasteiger partial charge in [-0.25, -0.2) is 4.98 Å². The van der Waals surface area contributed by atoms with Crippen molar-refractivity contribution in [1.29, 1.82) is 0 Å². The van der Waals surface area contributed by atoms with Gasteiger partial charge in [0.05, 0.1) is 11.1 Å². The molecule has 1 aromatic carbocycles. The Morgan fingerprint density at radius 1 is 1.24 bits per heavy atom. The number of para-hydroxylation sites is 1. The Morgan fingerprint density at radius 3 is 2.71 bits per heavy atom. The minimum absolute atomic E-state index is 0.0512. The normalized spacial score (nSPS) is 17.6. The van der Waals surface area contributed by atoms with Gasteiger partial charge in [-0.05, 0) is 31.9 Å².